The largest absolute Gasteiger partial charge is 0.462 e. The SMILES string of the molecule is CCOC(=O)c1c(-c2ccccc2)c(C#N)c[n+](C)c1C. The lowest BCUT2D eigenvalue weighted by molar-refractivity contribution is -0.677. The summed E-state index contributed by atoms with van der Waals surface area (Å²) >= 11 is 0. The number of aryl methyl sites for hydroxylation is 1. The Labute approximate surface area is 124 Å². The lowest BCUT2D eigenvalue weighted by Gasteiger charge is -2.12. The summed E-state index contributed by atoms with van der Waals surface area (Å²) < 4.78 is 6.94. The van der Waals surface area contributed by atoms with Crippen LogP contribution in [0.2, 0.25) is 0 Å². The van der Waals surface area contributed by atoms with E-state index >= 15 is 0 Å². The summed E-state index contributed by atoms with van der Waals surface area (Å²) in [6, 6.07) is 11.6. The molecule has 0 aliphatic rings. The number of carbonyl (C=O) groups excluding carboxylic acids is 1. The lowest BCUT2D eigenvalue weighted by atomic mass is 9.95. The number of rotatable bonds is 3. The number of benzene rings is 1. The van der Waals surface area contributed by atoms with Gasteiger partial charge in [0.05, 0.1) is 6.61 Å². The highest BCUT2D eigenvalue weighted by atomic mass is 16.5. The Morgan fingerprint density at radius 2 is 2.00 bits per heavy atom. The van der Waals surface area contributed by atoms with Crippen LogP contribution in [0.3, 0.4) is 0 Å². The van der Waals surface area contributed by atoms with Crippen LogP contribution in [0.15, 0.2) is 36.5 Å². The van der Waals surface area contributed by atoms with Crippen LogP contribution in [-0.2, 0) is 11.8 Å². The van der Waals surface area contributed by atoms with Crippen LogP contribution in [0.5, 0.6) is 0 Å². The van der Waals surface area contributed by atoms with Crippen LogP contribution in [0.25, 0.3) is 11.1 Å². The lowest BCUT2D eigenvalue weighted by Crippen LogP contribution is -2.35. The maximum Gasteiger partial charge on any atom is 0.345 e. The fraction of sp³-hybridized carbons (Fsp3) is 0.235. The van der Waals surface area contributed by atoms with E-state index in [1.807, 2.05) is 44.3 Å². The fourth-order valence-corrected chi connectivity index (χ4v) is 2.29. The van der Waals surface area contributed by atoms with Crippen LogP contribution in [-0.4, -0.2) is 12.6 Å². The minimum Gasteiger partial charge on any atom is -0.462 e. The van der Waals surface area contributed by atoms with E-state index in [1.165, 1.54) is 0 Å². The van der Waals surface area contributed by atoms with Gasteiger partial charge in [0.15, 0.2) is 11.9 Å². The average Bonchev–Trinajstić information content (AvgIpc) is 2.50. The van der Waals surface area contributed by atoms with Crippen LogP contribution in [0.1, 0.15) is 28.5 Å². The average molecular weight is 281 g/mol. The Morgan fingerprint density at radius 3 is 2.57 bits per heavy atom. The van der Waals surface area contributed by atoms with Gasteiger partial charge in [0.2, 0.25) is 0 Å². The molecule has 0 atom stereocenters. The van der Waals surface area contributed by atoms with Crippen molar-refractivity contribution in [2.24, 2.45) is 7.05 Å². The van der Waals surface area contributed by atoms with Crippen molar-refractivity contribution in [3.63, 3.8) is 0 Å². The molecule has 0 aliphatic heterocycles. The molecule has 1 heterocycles. The third-order valence-electron chi connectivity index (χ3n) is 3.40. The van der Waals surface area contributed by atoms with Gasteiger partial charge in [-0.1, -0.05) is 30.3 Å². The van der Waals surface area contributed by atoms with E-state index in [-0.39, 0.29) is 0 Å². The first-order chi connectivity index (χ1) is 10.1. The van der Waals surface area contributed by atoms with Crippen molar-refractivity contribution in [2.75, 3.05) is 6.61 Å². The van der Waals surface area contributed by atoms with Crippen molar-refractivity contribution in [2.45, 2.75) is 13.8 Å². The first-order valence-electron chi connectivity index (χ1n) is 6.76. The summed E-state index contributed by atoms with van der Waals surface area (Å²) in [5, 5.41) is 9.42. The zero-order valence-electron chi connectivity index (χ0n) is 12.4. The molecule has 0 aliphatic carbocycles. The Morgan fingerprint density at radius 1 is 1.33 bits per heavy atom. The van der Waals surface area contributed by atoms with E-state index in [4.69, 9.17) is 4.74 Å². The second-order valence-corrected chi connectivity index (χ2v) is 4.69. The smallest absolute Gasteiger partial charge is 0.345 e. The first-order valence-corrected chi connectivity index (χ1v) is 6.76. The number of nitrogens with zero attached hydrogens (tertiary/aromatic N) is 2. The molecule has 0 spiro atoms. The molecule has 4 heteroatoms. The van der Waals surface area contributed by atoms with Gasteiger partial charge in [-0.2, -0.15) is 5.26 Å². The highest BCUT2D eigenvalue weighted by Gasteiger charge is 2.26. The number of carbonyl (C=O) groups is 1. The van der Waals surface area contributed by atoms with Crippen molar-refractivity contribution < 1.29 is 14.1 Å². The molecule has 0 fully saturated rings. The zero-order chi connectivity index (χ0) is 15.4. The van der Waals surface area contributed by atoms with E-state index in [9.17, 15) is 10.1 Å². The molecule has 0 saturated carbocycles. The molecule has 106 valence electrons. The fourth-order valence-electron chi connectivity index (χ4n) is 2.29. The molecule has 21 heavy (non-hydrogen) atoms. The number of nitriles is 1. The van der Waals surface area contributed by atoms with Gasteiger partial charge in [-0.3, -0.25) is 0 Å². The van der Waals surface area contributed by atoms with Crippen LogP contribution < -0.4 is 4.57 Å². The van der Waals surface area contributed by atoms with Gasteiger partial charge in [0.1, 0.15) is 24.2 Å². The van der Waals surface area contributed by atoms with Crippen molar-refractivity contribution in [1.82, 2.24) is 0 Å². The number of hydrogen-bond acceptors (Lipinski definition) is 3. The van der Waals surface area contributed by atoms with E-state index in [0.717, 1.165) is 11.3 Å². The number of ether oxygens (including phenoxy) is 1. The number of hydrogen-bond donors (Lipinski definition) is 0. The molecule has 0 unspecified atom stereocenters. The van der Waals surface area contributed by atoms with E-state index in [1.54, 1.807) is 17.7 Å². The summed E-state index contributed by atoms with van der Waals surface area (Å²) in [4.78, 5) is 12.3. The summed E-state index contributed by atoms with van der Waals surface area (Å²) in [6.45, 7) is 3.91. The van der Waals surface area contributed by atoms with E-state index in [2.05, 4.69) is 6.07 Å². The normalized spacial score (nSPS) is 10.0. The van der Waals surface area contributed by atoms with Gasteiger partial charge in [0.25, 0.3) is 0 Å². The summed E-state index contributed by atoms with van der Waals surface area (Å²) in [5.41, 5.74) is 3.14. The number of pyridine rings is 1. The summed E-state index contributed by atoms with van der Waals surface area (Å²) in [5.74, 6) is -0.401. The van der Waals surface area contributed by atoms with Crippen LogP contribution in [0.4, 0.5) is 0 Å². The molecule has 0 radical (unpaired) electrons. The van der Waals surface area contributed by atoms with Crippen molar-refractivity contribution >= 4 is 5.97 Å². The molecule has 0 N–H and O–H groups in total. The number of esters is 1. The minimum absolute atomic E-state index is 0.299. The van der Waals surface area contributed by atoms with E-state index < -0.39 is 5.97 Å². The van der Waals surface area contributed by atoms with Gasteiger partial charge >= 0.3 is 5.97 Å². The Balaban J connectivity index is 2.80. The number of aromatic nitrogens is 1. The molecule has 2 aromatic rings. The molecule has 0 bridgehead atoms. The van der Waals surface area contributed by atoms with Crippen LogP contribution in [0, 0.1) is 18.3 Å². The molecule has 2 rings (SSSR count). The van der Waals surface area contributed by atoms with Gasteiger partial charge < -0.3 is 4.74 Å². The predicted molar refractivity (Wildman–Crippen MR) is 78.5 cm³/mol. The Hall–Kier alpha value is -2.67. The van der Waals surface area contributed by atoms with Gasteiger partial charge in [0, 0.05) is 12.5 Å². The maximum absolute atomic E-state index is 12.3. The third kappa shape index (κ3) is 2.77. The molecule has 1 aromatic carbocycles. The second-order valence-electron chi connectivity index (χ2n) is 4.69. The highest BCUT2D eigenvalue weighted by Crippen LogP contribution is 2.28. The molecule has 0 amide bonds. The highest BCUT2D eigenvalue weighted by molar-refractivity contribution is 5.99. The summed E-state index contributed by atoms with van der Waals surface area (Å²) in [7, 11) is 1.81. The van der Waals surface area contributed by atoms with Crippen molar-refractivity contribution in [3.05, 3.63) is 53.3 Å². The second kappa shape index (κ2) is 6.19. The first kappa shape index (κ1) is 14.7. The minimum atomic E-state index is -0.401. The zero-order valence-corrected chi connectivity index (χ0v) is 12.4. The molecule has 4 nitrogen and oxygen atoms in total. The maximum atomic E-state index is 12.3. The third-order valence-corrected chi connectivity index (χ3v) is 3.40. The van der Waals surface area contributed by atoms with Crippen molar-refractivity contribution in [3.8, 4) is 17.2 Å². The summed E-state index contributed by atoms with van der Waals surface area (Å²) in [6.07, 6.45) is 1.74. The predicted octanol–water partition coefficient (Wildman–Crippen LogP) is 2.53. The van der Waals surface area contributed by atoms with Gasteiger partial charge in [-0.05, 0) is 12.5 Å². The Kier molecular flexibility index (Phi) is 4.34. The van der Waals surface area contributed by atoms with Crippen LogP contribution >= 0.6 is 0 Å². The quantitative estimate of drug-likeness (QED) is 0.641. The van der Waals surface area contributed by atoms with Gasteiger partial charge in [-0.15, -0.1) is 0 Å². The Bertz CT molecular complexity index is 716. The van der Waals surface area contributed by atoms with Gasteiger partial charge in [-0.25, -0.2) is 9.36 Å². The molecular weight excluding hydrogens is 264 g/mol. The van der Waals surface area contributed by atoms with Crippen molar-refractivity contribution in [1.29, 1.82) is 5.26 Å². The monoisotopic (exact) mass is 281 g/mol. The molecule has 0 saturated heterocycles. The molecular formula is C17H17N2O2+. The topological polar surface area (TPSA) is 54.0 Å². The molecule has 1 aromatic heterocycles. The standard InChI is InChI=1S/C17H17N2O2/c1-4-21-17(20)15-12(2)19(3)11-14(10-18)16(15)13-8-6-5-7-9-13/h5-9,11H,4H2,1-3H3/q+1. The van der Waals surface area contributed by atoms with E-state index in [0.29, 0.717) is 23.3 Å².